The number of carbonyl (C=O) groups is 1. The van der Waals surface area contributed by atoms with Crippen molar-refractivity contribution < 1.29 is 28.0 Å². The zero-order valence-electron chi connectivity index (χ0n) is 16.7. The number of nitrogens with zero attached hydrogens (tertiary/aromatic N) is 1. The summed E-state index contributed by atoms with van der Waals surface area (Å²) in [5.74, 6) is -2.04. The number of benzene rings is 2. The van der Waals surface area contributed by atoms with Gasteiger partial charge in [-0.05, 0) is 42.7 Å². The van der Waals surface area contributed by atoms with Crippen LogP contribution in [-0.2, 0) is 23.0 Å². The van der Waals surface area contributed by atoms with E-state index >= 15 is 0 Å². The zero-order chi connectivity index (χ0) is 22.5. The molecule has 8 nitrogen and oxygen atoms in total. The summed E-state index contributed by atoms with van der Waals surface area (Å²) >= 11 is 0. The van der Waals surface area contributed by atoms with Crippen LogP contribution in [0.15, 0.2) is 47.4 Å². The molecule has 3 aromatic rings. The minimum Gasteiger partial charge on any atom is -0.507 e. The number of aryl methyl sites for hydroxylation is 1. The number of carboxylic acids is 1. The molecule has 0 amide bonds. The molecular formula is C21H24N2O6S. The van der Waals surface area contributed by atoms with Crippen LogP contribution in [0.25, 0.3) is 10.9 Å². The van der Waals surface area contributed by atoms with Gasteiger partial charge in [0.05, 0.1) is 10.4 Å². The van der Waals surface area contributed by atoms with Gasteiger partial charge in [0.1, 0.15) is 11.3 Å². The van der Waals surface area contributed by atoms with Gasteiger partial charge in [-0.15, -0.1) is 0 Å². The van der Waals surface area contributed by atoms with Crippen LogP contribution in [0, 0.1) is 0 Å². The number of carboxylic acid groups (broad SMARTS) is 1. The molecule has 0 unspecified atom stereocenters. The van der Waals surface area contributed by atoms with E-state index in [9.17, 15) is 13.2 Å². The molecule has 0 aliphatic carbocycles. The molecule has 1 heterocycles. The van der Waals surface area contributed by atoms with Crippen molar-refractivity contribution in [1.82, 2.24) is 4.98 Å². The normalized spacial score (nSPS) is 11.0. The van der Waals surface area contributed by atoms with E-state index in [0.717, 1.165) is 48.0 Å². The molecule has 0 saturated heterocycles. The quantitative estimate of drug-likeness (QED) is 0.446. The molecule has 0 atom stereocenters. The van der Waals surface area contributed by atoms with Gasteiger partial charge in [0, 0.05) is 16.8 Å². The average Bonchev–Trinajstić information content (AvgIpc) is 2.68. The number of nitrogen functional groups attached to an aromatic ring is 1. The van der Waals surface area contributed by atoms with Crippen molar-refractivity contribution in [2.45, 2.75) is 38.0 Å². The van der Waals surface area contributed by atoms with Gasteiger partial charge in [-0.1, -0.05) is 38.5 Å². The van der Waals surface area contributed by atoms with Crippen molar-refractivity contribution in [3.63, 3.8) is 0 Å². The fourth-order valence-corrected chi connectivity index (χ4v) is 3.52. The molecule has 0 bridgehead atoms. The Bertz CT molecular complexity index is 1180. The third kappa shape index (κ3) is 5.25. The molecule has 0 radical (unpaired) electrons. The van der Waals surface area contributed by atoms with Crippen LogP contribution in [0.2, 0.25) is 0 Å². The van der Waals surface area contributed by atoms with Crippen LogP contribution in [0.1, 0.15) is 41.9 Å². The highest BCUT2D eigenvalue weighted by atomic mass is 32.2. The number of para-hydroxylation sites is 1. The van der Waals surface area contributed by atoms with Gasteiger partial charge in [0.25, 0.3) is 10.1 Å². The van der Waals surface area contributed by atoms with E-state index in [2.05, 4.69) is 13.8 Å². The summed E-state index contributed by atoms with van der Waals surface area (Å²) in [6.07, 6.45) is 3.08. The lowest BCUT2D eigenvalue weighted by Gasteiger charge is -2.12. The first-order chi connectivity index (χ1) is 14.1. The van der Waals surface area contributed by atoms with Gasteiger partial charge >= 0.3 is 5.97 Å². The van der Waals surface area contributed by atoms with Crippen molar-refractivity contribution in [3.05, 3.63) is 59.3 Å². The number of nitrogens with two attached hydrogens (primary N) is 1. The van der Waals surface area contributed by atoms with Crippen molar-refractivity contribution >= 4 is 32.7 Å². The van der Waals surface area contributed by atoms with Crippen LogP contribution >= 0.6 is 0 Å². The molecular weight excluding hydrogens is 408 g/mol. The highest BCUT2D eigenvalue weighted by molar-refractivity contribution is 7.85. The van der Waals surface area contributed by atoms with E-state index in [1.807, 2.05) is 24.3 Å². The molecule has 0 aliphatic rings. The lowest BCUT2D eigenvalue weighted by Crippen LogP contribution is -2.03. The minimum atomic E-state index is -4.45. The van der Waals surface area contributed by atoms with Gasteiger partial charge in [-0.2, -0.15) is 8.42 Å². The number of pyridine rings is 1. The summed E-state index contributed by atoms with van der Waals surface area (Å²) in [6.45, 7) is 4.31. The Kier molecular flexibility index (Phi) is 7.36. The van der Waals surface area contributed by atoms with E-state index in [4.69, 9.17) is 25.5 Å². The van der Waals surface area contributed by atoms with E-state index in [1.165, 1.54) is 11.3 Å². The van der Waals surface area contributed by atoms with E-state index in [-0.39, 0.29) is 0 Å². The van der Waals surface area contributed by atoms with Gasteiger partial charge in [-0.3, -0.25) is 9.54 Å². The topological polar surface area (TPSA) is 151 Å². The smallest absolute Gasteiger partial charge is 0.339 e. The van der Waals surface area contributed by atoms with Crippen LogP contribution in [0.5, 0.6) is 5.75 Å². The third-order valence-electron chi connectivity index (χ3n) is 4.46. The number of aromatic carboxylic acids is 1. The molecule has 160 valence electrons. The summed E-state index contributed by atoms with van der Waals surface area (Å²) in [5, 5.41) is 18.6. The predicted molar refractivity (Wildman–Crippen MR) is 114 cm³/mol. The Labute approximate surface area is 174 Å². The molecule has 5 N–H and O–H groups in total. The number of hydrogen-bond donors (Lipinski definition) is 4. The molecule has 0 spiro atoms. The van der Waals surface area contributed by atoms with E-state index < -0.39 is 32.3 Å². The highest BCUT2D eigenvalue weighted by Crippen LogP contribution is 2.27. The maximum atomic E-state index is 10.6. The van der Waals surface area contributed by atoms with Crippen LogP contribution in [0.3, 0.4) is 0 Å². The Morgan fingerprint density at radius 3 is 2.37 bits per heavy atom. The molecule has 3 rings (SSSR count). The SMILES string of the molecule is CCCc1nc2ccccc2c(N)c1CC.O=C(O)c1cc(S(=O)(=O)O)ccc1O. The zero-order valence-corrected chi connectivity index (χ0v) is 17.5. The fourth-order valence-electron chi connectivity index (χ4n) is 3.01. The first-order valence-electron chi connectivity index (χ1n) is 9.29. The van der Waals surface area contributed by atoms with Crippen LogP contribution in [0.4, 0.5) is 5.69 Å². The van der Waals surface area contributed by atoms with Crippen LogP contribution < -0.4 is 5.73 Å². The Hall–Kier alpha value is -3.17. The van der Waals surface area contributed by atoms with E-state index in [0.29, 0.717) is 6.07 Å². The summed E-state index contributed by atoms with van der Waals surface area (Å²) < 4.78 is 29.8. The Morgan fingerprint density at radius 1 is 1.13 bits per heavy atom. The molecule has 2 aromatic carbocycles. The fraction of sp³-hybridized carbons (Fsp3) is 0.238. The second-order valence-electron chi connectivity index (χ2n) is 6.53. The molecule has 0 fully saturated rings. The molecule has 9 heteroatoms. The van der Waals surface area contributed by atoms with Crippen molar-refractivity contribution in [1.29, 1.82) is 0 Å². The summed E-state index contributed by atoms with van der Waals surface area (Å²) in [4.78, 5) is 14.6. The Balaban J connectivity index is 0.000000216. The number of phenols is 1. The average molecular weight is 432 g/mol. The van der Waals surface area contributed by atoms with Gasteiger partial charge in [-0.25, -0.2) is 4.79 Å². The summed E-state index contributed by atoms with van der Waals surface area (Å²) in [6, 6.07) is 10.6. The van der Waals surface area contributed by atoms with Crippen molar-refractivity contribution in [2.75, 3.05) is 5.73 Å². The first-order valence-corrected chi connectivity index (χ1v) is 10.7. The lowest BCUT2D eigenvalue weighted by atomic mass is 10.0. The third-order valence-corrected chi connectivity index (χ3v) is 5.31. The van der Waals surface area contributed by atoms with Crippen molar-refractivity contribution in [2.24, 2.45) is 0 Å². The highest BCUT2D eigenvalue weighted by Gasteiger charge is 2.16. The summed E-state index contributed by atoms with van der Waals surface area (Å²) in [7, 11) is -4.45. The second kappa shape index (κ2) is 9.55. The number of hydrogen-bond acceptors (Lipinski definition) is 6. The molecule has 0 saturated carbocycles. The Morgan fingerprint density at radius 2 is 1.80 bits per heavy atom. The van der Waals surface area contributed by atoms with E-state index in [1.54, 1.807) is 0 Å². The summed E-state index contributed by atoms with van der Waals surface area (Å²) in [5.41, 5.74) is 9.96. The molecule has 30 heavy (non-hydrogen) atoms. The molecule has 1 aromatic heterocycles. The van der Waals surface area contributed by atoms with Crippen molar-refractivity contribution in [3.8, 4) is 5.75 Å². The monoisotopic (exact) mass is 432 g/mol. The number of rotatable bonds is 5. The van der Waals surface area contributed by atoms with Crippen LogP contribution in [-0.4, -0.2) is 34.1 Å². The maximum Gasteiger partial charge on any atom is 0.339 e. The minimum absolute atomic E-state index is 0.565. The van der Waals surface area contributed by atoms with Gasteiger partial charge < -0.3 is 15.9 Å². The predicted octanol–water partition coefficient (Wildman–Crippen LogP) is 3.67. The van der Waals surface area contributed by atoms with Gasteiger partial charge in [0.2, 0.25) is 0 Å². The molecule has 0 aliphatic heterocycles. The number of fused-ring (bicyclic) bond motifs is 1. The lowest BCUT2D eigenvalue weighted by molar-refractivity contribution is 0.0693. The maximum absolute atomic E-state index is 10.6. The number of anilines is 1. The second-order valence-corrected chi connectivity index (χ2v) is 7.95. The number of aromatic nitrogens is 1. The number of aromatic hydroxyl groups is 1. The van der Waals surface area contributed by atoms with Gasteiger partial charge in [0.15, 0.2) is 0 Å². The largest absolute Gasteiger partial charge is 0.507 e. The first kappa shape index (κ1) is 23.1. The standard InChI is InChI=1S/C14H18N2.C7H6O6S/c1-3-7-12-10(4-2)14(15)11-8-5-6-9-13(11)16-12;8-6-2-1-4(14(11,12)13)3-5(6)7(9)10/h5-6,8-9H,3-4,7H2,1-2H3,(H2,15,16);1-3,8H,(H,9,10)(H,11,12,13).